The quantitative estimate of drug-likeness (QED) is 0.941. The maximum Gasteiger partial charge on any atom is 0.128 e. The van der Waals surface area contributed by atoms with Gasteiger partial charge in [0.1, 0.15) is 5.82 Å². The van der Waals surface area contributed by atoms with Gasteiger partial charge in [0.2, 0.25) is 0 Å². The van der Waals surface area contributed by atoms with Crippen LogP contribution in [0.25, 0.3) is 0 Å². The molecule has 0 aliphatic rings. The molecular formula is C11H11BrFN3. The molecule has 0 aliphatic carbocycles. The summed E-state index contributed by atoms with van der Waals surface area (Å²) in [5, 5.41) is 4.08. The highest BCUT2D eigenvalue weighted by atomic mass is 79.9. The average Bonchev–Trinajstić information content (AvgIpc) is 2.64. The molecule has 2 aromatic rings. The summed E-state index contributed by atoms with van der Waals surface area (Å²) in [4.78, 5) is 0. The molecule has 16 heavy (non-hydrogen) atoms. The van der Waals surface area contributed by atoms with Gasteiger partial charge in [-0.25, -0.2) is 4.39 Å². The summed E-state index contributed by atoms with van der Waals surface area (Å²) in [5.41, 5.74) is 6.43. The van der Waals surface area contributed by atoms with Gasteiger partial charge < -0.3 is 5.73 Å². The molecular weight excluding hydrogens is 273 g/mol. The van der Waals surface area contributed by atoms with Crippen molar-refractivity contribution < 1.29 is 4.39 Å². The zero-order chi connectivity index (χ0) is 11.5. The van der Waals surface area contributed by atoms with E-state index in [9.17, 15) is 4.39 Å². The summed E-state index contributed by atoms with van der Waals surface area (Å²) in [5.74, 6) is -0.277. The van der Waals surface area contributed by atoms with Gasteiger partial charge in [-0.15, -0.1) is 0 Å². The molecule has 0 saturated carbocycles. The van der Waals surface area contributed by atoms with E-state index in [0.717, 1.165) is 4.47 Å². The molecule has 0 radical (unpaired) electrons. The highest BCUT2D eigenvalue weighted by molar-refractivity contribution is 9.10. The molecule has 0 fully saturated rings. The Morgan fingerprint density at radius 1 is 1.44 bits per heavy atom. The van der Waals surface area contributed by atoms with Gasteiger partial charge in [0.25, 0.3) is 0 Å². The van der Waals surface area contributed by atoms with E-state index in [1.54, 1.807) is 35.3 Å². The Balaban J connectivity index is 2.14. The van der Waals surface area contributed by atoms with Crippen LogP contribution in [-0.4, -0.2) is 9.78 Å². The largest absolute Gasteiger partial charge is 0.322 e. The maximum absolute atomic E-state index is 13.4. The lowest BCUT2D eigenvalue weighted by atomic mass is 10.1. The Kier molecular flexibility index (Phi) is 3.36. The molecule has 0 saturated heterocycles. The Morgan fingerprint density at radius 3 is 2.81 bits per heavy atom. The second kappa shape index (κ2) is 4.76. The van der Waals surface area contributed by atoms with Crippen LogP contribution < -0.4 is 5.73 Å². The molecule has 0 bridgehead atoms. The van der Waals surface area contributed by atoms with Gasteiger partial charge in [-0.05, 0) is 22.0 Å². The second-order valence-corrected chi connectivity index (χ2v) is 4.42. The predicted molar refractivity (Wildman–Crippen MR) is 63.3 cm³/mol. The number of hydrogen-bond acceptors (Lipinski definition) is 2. The van der Waals surface area contributed by atoms with E-state index in [2.05, 4.69) is 21.0 Å². The number of aromatic nitrogens is 2. The van der Waals surface area contributed by atoms with Crippen molar-refractivity contribution in [1.29, 1.82) is 0 Å². The van der Waals surface area contributed by atoms with E-state index in [-0.39, 0.29) is 5.82 Å². The van der Waals surface area contributed by atoms with Crippen molar-refractivity contribution >= 4 is 15.9 Å². The summed E-state index contributed by atoms with van der Waals surface area (Å²) >= 11 is 3.29. The van der Waals surface area contributed by atoms with Gasteiger partial charge in [0.15, 0.2) is 0 Å². The standard InChI is InChI=1S/C11H11BrFN3/c12-8-5-15-16(6-8)7-11(14)9-3-1-2-4-10(9)13/h1-6,11H,7,14H2. The van der Waals surface area contributed by atoms with Crippen LogP contribution >= 0.6 is 15.9 Å². The van der Waals surface area contributed by atoms with Gasteiger partial charge in [-0.2, -0.15) is 5.10 Å². The van der Waals surface area contributed by atoms with Crippen LogP contribution in [0.2, 0.25) is 0 Å². The molecule has 0 spiro atoms. The number of rotatable bonds is 3. The SMILES string of the molecule is NC(Cn1cc(Br)cn1)c1ccccc1F. The third-order valence-electron chi connectivity index (χ3n) is 2.29. The molecule has 1 atom stereocenters. The lowest BCUT2D eigenvalue weighted by Gasteiger charge is -2.12. The van der Waals surface area contributed by atoms with Crippen molar-refractivity contribution in [3.05, 3.63) is 52.5 Å². The zero-order valence-electron chi connectivity index (χ0n) is 8.48. The first-order chi connectivity index (χ1) is 7.66. The smallest absolute Gasteiger partial charge is 0.128 e. The van der Waals surface area contributed by atoms with Crippen molar-refractivity contribution in [2.24, 2.45) is 5.73 Å². The topological polar surface area (TPSA) is 43.8 Å². The minimum absolute atomic E-state index is 0.277. The van der Waals surface area contributed by atoms with Crippen molar-refractivity contribution in [1.82, 2.24) is 9.78 Å². The van der Waals surface area contributed by atoms with E-state index in [4.69, 9.17) is 5.73 Å². The van der Waals surface area contributed by atoms with Gasteiger partial charge >= 0.3 is 0 Å². The minimum Gasteiger partial charge on any atom is -0.322 e. The molecule has 3 nitrogen and oxygen atoms in total. The van der Waals surface area contributed by atoms with Crippen molar-refractivity contribution in [3.63, 3.8) is 0 Å². The number of hydrogen-bond donors (Lipinski definition) is 1. The first-order valence-corrected chi connectivity index (χ1v) is 5.64. The van der Waals surface area contributed by atoms with Crippen LogP contribution in [0.15, 0.2) is 41.1 Å². The van der Waals surface area contributed by atoms with Crippen LogP contribution in [0, 0.1) is 5.82 Å². The number of benzene rings is 1. The van der Waals surface area contributed by atoms with Crippen LogP contribution in [-0.2, 0) is 6.54 Å². The fraction of sp³-hybridized carbons (Fsp3) is 0.182. The van der Waals surface area contributed by atoms with Gasteiger partial charge in [-0.3, -0.25) is 4.68 Å². The summed E-state index contributed by atoms with van der Waals surface area (Å²) in [7, 11) is 0. The Bertz CT molecular complexity index is 484. The number of nitrogens with two attached hydrogens (primary N) is 1. The highest BCUT2D eigenvalue weighted by Crippen LogP contribution is 2.16. The van der Waals surface area contributed by atoms with Crippen LogP contribution in [0.4, 0.5) is 4.39 Å². The minimum atomic E-state index is -0.395. The lowest BCUT2D eigenvalue weighted by molar-refractivity contribution is 0.501. The first kappa shape index (κ1) is 11.3. The summed E-state index contributed by atoms with van der Waals surface area (Å²) in [6.45, 7) is 0.451. The Labute approximate surface area is 101 Å². The average molecular weight is 284 g/mol. The molecule has 1 aromatic heterocycles. The Morgan fingerprint density at radius 2 is 2.19 bits per heavy atom. The van der Waals surface area contributed by atoms with Gasteiger partial charge in [-0.1, -0.05) is 18.2 Å². The van der Waals surface area contributed by atoms with E-state index < -0.39 is 6.04 Å². The summed E-state index contributed by atoms with van der Waals surface area (Å²) in [6.07, 6.45) is 3.48. The van der Waals surface area contributed by atoms with E-state index in [1.807, 2.05) is 0 Å². The first-order valence-electron chi connectivity index (χ1n) is 4.85. The fourth-order valence-electron chi connectivity index (χ4n) is 1.51. The number of halogens is 2. The molecule has 1 aromatic carbocycles. The van der Waals surface area contributed by atoms with Crippen LogP contribution in [0.3, 0.4) is 0 Å². The molecule has 0 amide bonds. The third-order valence-corrected chi connectivity index (χ3v) is 2.70. The lowest BCUT2D eigenvalue weighted by Crippen LogP contribution is -2.19. The second-order valence-electron chi connectivity index (χ2n) is 3.51. The predicted octanol–water partition coefficient (Wildman–Crippen LogP) is 2.48. The molecule has 84 valence electrons. The fourth-order valence-corrected chi connectivity index (χ4v) is 1.84. The van der Waals surface area contributed by atoms with Crippen LogP contribution in [0.1, 0.15) is 11.6 Å². The molecule has 1 heterocycles. The molecule has 1 unspecified atom stereocenters. The monoisotopic (exact) mass is 283 g/mol. The molecule has 2 rings (SSSR count). The molecule has 2 N–H and O–H groups in total. The third kappa shape index (κ3) is 2.48. The Hall–Kier alpha value is -1.20. The maximum atomic E-state index is 13.4. The van der Waals surface area contributed by atoms with Gasteiger partial charge in [0, 0.05) is 11.8 Å². The zero-order valence-corrected chi connectivity index (χ0v) is 10.1. The molecule has 0 aliphatic heterocycles. The highest BCUT2D eigenvalue weighted by Gasteiger charge is 2.11. The number of nitrogens with zero attached hydrogens (tertiary/aromatic N) is 2. The molecule has 5 heteroatoms. The normalized spacial score (nSPS) is 12.7. The van der Waals surface area contributed by atoms with E-state index in [1.165, 1.54) is 6.07 Å². The summed E-state index contributed by atoms with van der Waals surface area (Å²) < 4.78 is 16.0. The van der Waals surface area contributed by atoms with E-state index in [0.29, 0.717) is 12.1 Å². The van der Waals surface area contributed by atoms with E-state index >= 15 is 0 Å². The van der Waals surface area contributed by atoms with Crippen molar-refractivity contribution in [3.8, 4) is 0 Å². The van der Waals surface area contributed by atoms with Crippen LogP contribution in [0.5, 0.6) is 0 Å². The van der Waals surface area contributed by atoms with Crippen molar-refractivity contribution in [2.75, 3.05) is 0 Å². The summed E-state index contributed by atoms with van der Waals surface area (Å²) in [6, 6.07) is 6.13. The van der Waals surface area contributed by atoms with Gasteiger partial charge in [0.05, 0.1) is 23.3 Å². The van der Waals surface area contributed by atoms with Crippen molar-refractivity contribution in [2.45, 2.75) is 12.6 Å².